The molecule has 136 valence electrons. The third-order valence-electron chi connectivity index (χ3n) is 4.26. The first-order valence-corrected chi connectivity index (χ1v) is 9.31. The number of hydrogen-bond acceptors (Lipinski definition) is 4. The summed E-state index contributed by atoms with van der Waals surface area (Å²) in [6.45, 7) is 3.87. The third kappa shape index (κ3) is 3.29. The Hall–Kier alpha value is -3.19. The largest absolute Gasteiger partial charge is 0.323 e. The summed E-state index contributed by atoms with van der Waals surface area (Å²) in [5.41, 5.74) is 3.20. The number of rotatable bonds is 4. The van der Waals surface area contributed by atoms with Crippen LogP contribution in [0.3, 0.4) is 0 Å². The fraction of sp³-hybridized carbons (Fsp3) is 0.150. The van der Waals surface area contributed by atoms with E-state index in [1.165, 1.54) is 15.5 Å². The molecule has 0 bridgehead atoms. The minimum Gasteiger partial charge on any atom is -0.323 e. The fourth-order valence-electron chi connectivity index (χ4n) is 3.08. The van der Waals surface area contributed by atoms with Crippen LogP contribution in [0.5, 0.6) is 0 Å². The van der Waals surface area contributed by atoms with Gasteiger partial charge in [-0.2, -0.15) is 5.10 Å². The van der Waals surface area contributed by atoms with Gasteiger partial charge in [0.25, 0.3) is 5.56 Å². The molecule has 7 heteroatoms. The van der Waals surface area contributed by atoms with E-state index in [1.807, 2.05) is 62.4 Å². The molecule has 0 saturated carbocycles. The smallest absolute Gasteiger partial charge is 0.268 e. The Morgan fingerprint density at radius 1 is 1.11 bits per heavy atom. The van der Waals surface area contributed by atoms with Crippen LogP contribution in [0.15, 0.2) is 59.4 Å². The molecule has 6 nitrogen and oxygen atoms in total. The van der Waals surface area contributed by atoms with Crippen molar-refractivity contribution in [2.45, 2.75) is 20.4 Å². The van der Waals surface area contributed by atoms with Gasteiger partial charge in [-0.3, -0.25) is 13.5 Å². The second-order valence-electron chi connectivity index (χ2n) is 6.33. The second kappa shape index (κ2) is 6.85. The van der Waals surface area contributed by atoms with E-state index in [2.05, 4.69) is 10.4 Å². The van der Waals surface area contributed by atoms with E-state index in [9.17, 15) is 9.59 Å². The molecule has 2 aromatic heterocycles. The maximum Gasteiger partial charge on any atom is 0.268 e. The molecule has 1 N–H and O–H groups in total. The Labute approximate surface area is 159 Å². The van der Waals surface area contributed by atoms with Crippen molar-refractivity contribution in [3.8, 4) is 5.69 Å². The number of anilines is 1. The quantitative estimate of drug-likeness (QED) is 0.591. The lowest BCUT2D eigenvalue weighted by atomic mass is 10.2. The Kier molecular flexibility index (Phi) is 4.37. The van der Waals surface area contributed by atoms with Crippen molar-refractivity contribution in [1.29, 1.82) is 0 Å². The Morgan fingerprint density at radius 2 is 1.85 bits per heavy atom. The molecule has 0 spiro atoms. The number of nitrogens with zero attached hydrogens (tertiary/aromatic N) is 3. The zero-order chi connectivity index (χ0) is 19.0. The van der Waals surface area contributed by atoms with Crippen LogP contribution in [0, 0.1) is 13.8 Å². The predicted octanol–water partition coefficient (Wildman–Crippen LogP) is 3.50. The number of para-hydroxylation sites is 2. The summed E-state index contributed by atoms with van der Waals surface area (Å²) in [6.07, 6.45) is 0. The zero-order valence-electron chi connectivity index (χ0n) is 15.0. The molecule has 2 aromatic carbocycles. The number of amides is 1. The normalized spacial score (nSPS) is 11.0. The molecule has 2 heterocycles. The van der Waals surface area contributed by atoms with Crippen LogP contribution < -0.4 is 10.9 Å². The van der Waals surface area contributed by atoms with E-state index in [0.717, 1.165) is 21.8 Å². The first-order valence-electron chi connectivity index (χ1n) is 8.54. The molecule has 0 aliphatic heterocycles. The first kappa shape index (κ1) is 17.2. The van der Waals surface area contributed by atoms with Crippen molar-refractivity contribution in [2.24, 2.45) is 0 Å². The highest BCUT2D eigenvalue weighted by Crippen LogP contribution is 2.22. The number of hydrogen-bond donors (Lipinski definition) is 1. The molecule has 0 saturated heterocycles. The Balaban J connectivity index is 1.61. The van der Waals surface area contributed by atoms with E-state index in [0.29, 0.717) is 11.1 Å². The topological polar surface area (TPSA) is 68.9 Å². The molecule has 4 rings (SSSR count). The maximum absolute atomic E-state index is 12.6. The van der Waals surface area contributed by atoms with Gasteiger partial charge in [-0.15, -0.1) is 0 Å². The summed E-state index contributed by atoms with van der Waals surface area (Å²) < 4.78 is 4.15. The Morgan fingerprint density at radius 3 is 2.59 bits per heavy atom. The lowest BCUT2D eigenvalue weighted by Crippen LogP contribution is -2.24. The van der Waals surface area contributed by atoms with E-state index in [1.54, 1.807) is 10.7 Å². The SMILES string of the molecule is Cc1cc(C)n(-c2ccccc2NC(=O)Cn2sc3ccccc3c2=O)n1. The molecule has 0 radical (unpaired) electrons. The number of benzene rings is 2. The third-order valence-corrected chi connectivity index (χ3v) is 5.32. The summed E-state index contributed by atoms with van der Waals surface area (Å²) in [5, 5.41) is 8.04. The number of aryl methyl sites for hydroxylation is 2. The van der Waals surface area contributed by atoms with Crippen molar-refractivity contribution in [1.82, 2.24) is 13.7 Å². The molecule has 0 fully saturated rings. The van der Waals surface area contributed by atoms with Gasteiger partial charge in [0, 0.05) is 5.69 Å². The molecular weight excluding hydrogens is 360 g/mol. The van der Waals surface area contributed by atoms with Gasteiger partial charge < -0.3 is 5.32 Å². The van der Waals surface area contributed by atoms with Crippen LogP contribution in [0.4, 0.5) is 5.69 Å². The van der Waals surface area contributed by atoms with Crippen molar-refractivity contribution >= 4 is 33.2 Å². The van der Waals surface area contributed by atoms with E-state index in [-0.39, 0.29) is 18.0 Å². The predicted molar refractivity (Wildman–Crippen MR) is 108 cm³/mol. The maximum atomic E-state index is 12.6. The van der Waals surface area contributed by atoms with Gasteiger partial charge in [0.1, 0.15) is 6.54 Å². The standard InChI is InChI=1S/C20H18N4O2S/c1-13-11-14(2)24(22-13)17-9-5-4-8-16(17)21-19(25)12-23-20(26)15-7-3-6-10-18(15)27-23/h3-11H,12H2,1-2H3,(H,21,25). The lowest BCUT2D eigenvalue weighted by molar-refractivity contribution is -0.116. The molecule has 4 aromatic rings. The summed E-state index contributed by atoms with van der Waals surface area (Å²) in [4.78, 5) is 25.0. The summed E-state index contributed by atoms with van der Waals surface area (Å²) >= 11 is 1.29. The number of carbonyl (C=O) groups excluding carboxylic acids is 1. The number of nitrogens with one attached hydrogen (secondary N) is 1. The van der Waals surface area contributed by atoms with Crippen LogP contribution in [0.2, 0.25) is 0 Å². The van der Waals surface area contributed by atoms with E-state index < -0.39 is 0 Å². The molecule has 0 unspecified atom stereocenters. The van der Waals surface area contributed by atoms with Gasteiger partial charge in [0.05, 0.1) is 27.2 Å². The highest BCUT2D eigenvalue weighted by molar-refractivity contribution is 7.13. The average Bonchev–Trinajstić information content (AvgIpc) is 3.14. The molecular formula is C20H18N4O2S. The zero-order valence-corrected chi connectivity index (χ0v) is 15.8. The monoisotopic (exact) mass is 378 g/mol. The van der Waals surface area contributed by atoms with Gasteiger partial charge >= 0.3 is 0 Å². The summed E-state index contributed by atoms with van der Waals surface area (Å²) in [7, 11) is 0. The van der Waals surface area contributed by atoms with E-state index in [4.69, 9.17) is 0 Å². The molecule has 0 aliphatic rings. The molecule has 27 heavy (non-hydrogen) atoms. The number of fused-ring (bicyclic) bond motifs is 1. The van der Waals surface area contributed by atoms with Crippen LogP contribution in [0.1, 0.15) is 11.4 Å². The minimum atomic E-state index is -0.252. The van der Waals surface area contributed by atoms with Crippen molar-refractivity contribution < 1.29 is 4.79 Å². The van der Waals surface area contributed by atoms with Crippen LogP contribution >= 0.6 is 11.5 Å². The van der Waals surface area contributed by atoms with Crippen LogP contribution in [-0.2, 0) is 11.3 Å². The van der Waals surface area contributed by atoms with Gasteiger partial charge in [-0.1, -0.05) is 35.8 Å². The van der Waals surface area contributed by atoms with Crippen molar-refractivity contribution in [2.75, 3.05) is 5.32 Å². The molecule has 0 atom stereocenters. The summed E-state index contributed by atoms with van der Waals surface area (Å²) in [5.74, 6) is -0.252. The minimum absolute atomic E-state index is 0.0242. The van der Waals surface area contributed by atoms with Gasteiger partial charge in [0.2, 0.25) is 5.91 Å². The number of carbonyl (C=O) groups is 1. The summed E-state index contributed by atoms with van der Waals surface area (Å²) in [6, 6.07) is 16.8. The lowest BCUT2D eigenvalue weighted by Gasteiger charge is -2.12. The van der Waals surface area contributed by atoms with E-state index >= 15 is 0 Å². The van der Waals surface area contributed by atoms with Gasteiger partial charge in [0.15, 0.2) is 0 Å². The highest BCUT2D eigenvalue weighted by Gasteiger charge is 2.14. The fourth-order valence-corrected chi connectivity index (χ4v) is 4.07. The first-order chi connectivity index (χ1) is 13.0. The molecule has 1 amide bonds. The average molecular weight is 378 g/mol. The Bertz CT molecular complexity index is 1200. The van der Waals surface area contributed by atoms with Crippen molar-refractivity contribution in [3.05, 3.63) is 76.3 Å². The van der Waals surface area contributed by atoms with Gasteiger partial charge in [-0.25, -0.2) is 4.68 Å². The van der Waals surface area contributed by atoms with Gasteiger partial charge in [-0.05, 0) is 44.2 Å². The number of aromatic nitrogens is 3. The van der Waals surface area contributed by atoms with Crippen LogP contribution in [-0.4, -0.2) is 19.6 Å². The second-order valence-corrected chi connectivity index (χ2v) is 7.40. The highest BCUT2D eigenvalue weighted by atomic mass is 32.1. The van der Waals surface area contributed by atoms with Crippen molar-refractivity contribution in [3.63, 3.8) is 0 Å². The molecule has 0 aliphatic carbocycles. The van der Waals surface area contributed by atoms with Crippen LogP contribution in [0.25, 0.3) is 15.8 Å².